The van der Waals surface area contributed by atoms with Crippen molar-refractivity contribution in [3.8, 4) is 22.9 Å². The van der Waals surface area contributed by atoms with Gasteiger partial charge in [-0.2, -0.15) is 5.10 Å². The van der Waals surface area contributed by atoms with Gasteiger partial charge in [0.05, 0.1) is 12.3 Å². The number of hydrogen-bond acceptors (Lipinski definition) is 5. The summed E-state index contributed by atoms with van der Waals surface area (Å²) in [7, 11) is 0. The summed E-state index contributed by atoms with van der Waals surface area (Å²) in [6.45, 7) is 4.76. The standard InChI is InChI=1S/C20H22N4O3S/c1-3-27-15-7-5-14(6-8-15)19-22-23-20(28)24(19)11-10-18(26)21-16-9-4-13(2)12-17(16)25/h4-9,12,25H,3,10-11H2,1-2H3,(H,21,26)(H,23,28). The first-order valence-corrected chi connectivity index (χ1v) is 9.36. The largest absolute Gasteiger partial charge is 0.506 e. The average molecular weight is 398 g/mol. The molecule has 0 fully saturated rings. The van der Waals surface area contributed by atoms with E-state index in [1.54, 1.807) is 16.7 Å². The molecule has 3 rings (SSSR count). The molecule has 0 aliphatic carbocycles. The van der Waals surface area contributed by atoms with Crippen LogP contribution in [0.1, 0.15) is 18.9 Å². The Morgan fingerprint density at radius 3 is 2.71 bits per heavy atom. The molecule has 2 aromatic carbocycles. The molecule has 1 heterocycles. The number of amides is 1. The number of aryl methyl sites for hydroxylation is 1. The number of nitrogens with zero attached hydrogens (tertiary/aromatic N) is 2. The summed E-state index contributed by atoms with van der Waals surface area (Å²) < 4.78 is 7.67. The van der Waals surface area contributed by atoms with Crippen molar-refractivity contribution >= 4 is 23.8 Å². The van der Waals surface area contributed by atoms with Crippen LogP contribution in [0.2, 0.25) is 0 Å². The van der Waals surface area contributed by atoms with Crippen LogP contribution >= 0.6 is 12.2 Å². The number of aromatic amines is 1. The molecule has 0 saturated heterocycles. The molecule has 0 aliphatic heterocycles. The number of carbonyl (C=O) groups is 1. The zero-order valence-electron chi connectivity index (χ0n) is 15.7. The fourth-order valence-corrected chi connectivity index (χ4v) is 3.01. The molecule has 7 nitrogen and oxygen atoms in total. The van der Waals surface area contributed by atoms with Crippen LogP contribution < -0.4 is 10.1 Å². The maximum atomic E-state index is 12.3. The molecular formula is C20H22N4O3S. The normalized spacial score (nSPS) is 10.6. The molecule has 1 amide bonds. The third kappa shape index (κ3) is 4.58. The van der Waals surface area contributed by atoms with E-state index >= 15 is 0 Å². The number of anilines is 1. The molecule has 0 spiro atoms. The van der Waals surface area contributed by atoms with Crippen molar-refractivity contribution in [2.24, 2.45) is 0 Å². The van der Waals surface area contributed by atoms with E-state index in [-0.39, 0.29) is 18.1 Å². The summed E-state index contributed by atoms with van der Waals surface area (Å²) in [5.74, 6) is 1.26. The van der Waals surface area contributed by atoms with Crippen molar-refractivity contribution in [2.45, 2.75) is 26.8 Å². The van der Waals surface area contributed by atoms with Crippen LogP contribution in [0.15, 0.2) is 42.5 Å². The summed E-state index contributed by atoms with van der Waals surface area (Å²) in [4.78, 5) is 12.3. The molecule has 28 heavy (non-hydrogen) atoms. The molecular weight excluding hydrogens is 376 g/mol. The lowest BCUT2D eigenvalue weighted by Gasteiger charge is -2.10. The number of carbonyl (C=O) groups excluding carboxylic acids is 1. The molecule has 0 saturated carbocycles. The van der Waals surface area contributed by atoms with E-state index in [9.17, 15) is 9.90 Å². The number of H-pyrrole nitrogens is 1. The third-order valence-electron chi connectivity index (χ3n) is 4.17. The van der Waals surface area contributed by atoms with E-state index < -0.39 is 0 Å². The molecule has 0 bridgehead atoms. The summed E-state index contributed by atoms with van der Waals surface area (Å²) in [6.07, 6.45) is 0.186. The zero-order valence-corrected chi connectivity index (χ0v) is 16.5. The Morgan fingerprint density at radius 2 is 2.04 bits per heavy atom. The second kappa shape index (κ2) is 8.71. The molecule has 1 aromatic heterocycles. The van der Waals surface area contributed by atoms with Gasteiger partial charge in [-0.15, -0.1) is 0 Å². The van der Waals surface area contributed by atoms with Crippen molar-refractivity contribution in [1.29, 1.82) is 0 Å². The maximum Gasteiger partial charge on any atom is 0.226 e. The van der Waals surface area contributed by atoms with E-state index in [4.69, 9.17) is 17.0 Å². The highest BCUT2D eigenvalue weighted by molar-refractivity contribution is 7.71. The van der Waals surface area contributed by atoms with Crippen molar-refractivity contribution in [3.63, 3.8) is 0 Å². The van der Waals surface area contributed by atoms with Gasteiger partial charge in [-0.3, -0.25) is 14.5 Å². The Bertz CT molecular complexity index is 1020. The Morgan fingerprint density at radius 1 is 1.29 bits per heavy atom. The lowest BCUT2D eigenvalue weighted by molar-refractivity contribution is -0.116. The van der Waals surface area contributed by atoms with Gasteiger partial charge in [-0.25, -0.2) is 0 Å². The van der Waals surface area contributed by atoms with Gasteiger partial charge >= 0.3 is 0 Å². The number of hydrogen-bond donors (Lipinski definition) is 3. The summed E-state index contributed by atoms with van der Waals surface area (Å²) in [5.41, 5.74) is 2.17. The van der Waals surface area contributed by atoms with Crippen molar-refractivity contribution in [3.05, 3.63) is 52.8 Å². The van der Waals surface area contributed by atoms with Gasteiger partial charge in [-0.1, -0.05) is 6.07 Å². The predicted molar refractivity (Wildman–Crippen MR) is 110 cm³/mol. The van der Waals surface area contributed by atoms with Crippen LogP contribution in [0.5, 0.6) is 11.5 Å². The Kier molecular flexibility index (Phi) is 6.10. The van der Waals surface area contributed by atoms with Crippen LogP contribution in [0, 0.1) is 11.7 Å². The number of nitrogens with one attached hydrogen (secondary N) is 2. The van der Waals surface area contributed by atoms with Gasteiger partial charge in [0.2, 0.25) is 5.91 Å². The highest BCUT2D eigenvalue weighted by Crippen LogP contribution is 2.24. The fraction of sp³-hybridized carbons (Fsp3) is 0.250. The lowest BCUT2D eigenvalue weighted by Crippen LogP contribution is -2.15. The average Bonchev–Trinajstić information content (AvgIpc) is 3.04. The number of ether oxygens (including phenoxy) is 1. The zero-order chi connectivity index (χ0) is 20.1. The molecule has 0 unspecified atom stereocenters. The number of benzene rings is 2. The van der Waals surface area contributed by atoms with E-state index in [0.29, 0.717) is 29.4 Å². The minimum atomic E-state index is -0.222. The van der Waals surface area contributed by atoms with Gasteiger partial charge in [0.15, 0.2) is 10.6 Å². The van der Waals surface area contributed by atoms with E-state index in [1.807, 2.05) is 44.2 Å². The molecule has 8 heteroatoms. The molecule has 3 N–H and O–H groups in total. The van der Waals surface area contributed by atoms with Gasteiger partial charge in [0.1, 0.15) is 11.5 Å². The first-order valence-electron chi connectivity index (χ1n) is 8.96. The fourth-order valence-electron chi connectivity index (χ4n) is 2.79. The second-order valence-electron chi connectivity index (χ2n) is 6.28. The van der Waals surface area contributed by atoms with Crippen LogP contribution in [-0.2, 0) is 11.3 Å². The molecule has 146 valence electrons. The Hall–Kier alpha value is -3.13. The van der Waals surface area contributed by atoms with Crippen LogP contribution in [0.4, 0.5) is 5.69 Å². The molecule has 0 radical (unpaired) electrons. The Labute approximate surface area is 168 Å². The van der Waals surface area contributed by atoms with Crippen molar-refractivity contribution in [2.75, 3.05) is 11.9 Å². The van der Waals surface area contributed by atoms with Crippen molar-refractivity contribution in [1.82, 2.24) is 14.8 Å². The van der Waals surface area contributed by atoms with Gasteiger partial charge < -0.3 is 15.2 Å². The quantitative estimate of drug-likeness (QED) is 0.412. The molecule has 0 aliphatic rings. The van der Waals surface area contributed by atoms with Crippen LogP contribution in [0.25, 0.3) is 11.4 Å². The SMILES string of the molecule is CCOc1ccc(-c2n[nH]c(=S)n2CCC(=O)Nc2ccc(C)cc2O)cc1. The van der Waals surface area contributed by atoms with Gasteiger partial charge in [-0.05, 0) is 68.0 Å². The maximum absolute atomic E-state index is 12.3. The molecule has 3 aromatic rings. The number of phenols is 1. The highest BCUT2D eigenvalue weighted by atomic mass is 32.1. The van der Waals surface area contributed by atoms with Crippen molar-refractivity contribution < 1.29 is 14.6 Å². The number of phenolic OH excluding ortho intramolecular Hbond substituents is 1. The van der Waals surface area contributed by atoms with E-state index in [1.165, 1.54) is 0 Å². The topological polar surface area (TPSA) is 92.2 Å². The van der Waals surface area contributed by atoms with Gasteiger partial charge in [0.25, 0.3) is 0 Å². The number of aromatic nitrogens is 3. The minimum absolute atomic E-state index is 0.0448. The summed E-state index contributed by atoms with van der Waals surface area (Å²) >= 11 is 5.31. The third-order valence-corrected chi connectivity index (χ3v) is 4.48. The first kappa shape index (κ1) is 19.6. The monoisotopic (exact) mass is 398 g/mol. The van der Waals surface area contributed by atoms with Crippen LogP contribution in [-0.4, -0.2) is 32.4 Å². The number of rotatable bonds is 7. The number of aromatic hydroxyl groups is 1. The summed E-state index contributed by atoms with van der Waals surface area (Å²) in [5, 5.41) is 19.7. The first-order chi connectivity index (χ1) is 13.5. The molecule has 0 atom stereocenters. The lowest BCUT2D eigenvalue weighted by atomic mass is 10.2. The van der Waals surface area contributed by atoms with Crippen LogP contribution in [0.3, 0.4) is 0 Å². The van der Waals surface area contributed by atoms with E-state index in [2.05, 4.69) is 15.5 Å². The second-order valence-corrected chi connectivity index (χ2v) is 6.67. The highest BCUT2D eigenvalue weighted by Gasteiger charge is 2.12. The smallest absolute Gasteiger partial charge is 0.226 e. The predicted octanol–water partition coefficient (Wildman–Crippen LogP) is 4.05. The Balaban J connectivity index is 1.70. The van der Waals surface area contributed by atoms with Gasteiger partial charge in [0, 0.05) is 18.5 Å². The van der Waals surface area contributed by atoms with E-state index in [0.717, 1.165) is 16.9 Å². The summed E-state index contributed by atoms with van der Waals surface area (Å²) in [6, 6.07) is 12.6. The minimum Gasteiger partial charge on any atom is -0.506 e.